The molecule has 0 fully saturated rings. The molecule has 1 N–H and O–H groups in total. The maximum atomic E-state index is 12.2. The summed E-state index contributed by atoms with van der Waals surface area (Å²) in [5, 5.41) is 2.95. The number of hydrogen-bond acceptors (Lipinski definition) is 5. The standard InChI is InChI=1S/C16H15N3O2S/c1-10-7-8-17-14(9-10)19-15(20)11(2)22-16-18-12-5-3-4-6-13(12)21-16/h3-9,11H,1-2H3,(H,17,19,20). The van der Waals surface area contributed by atoms with E-state index in [1.807, 2.05) is 50.2 Å². The van der Waals surface area contributed by atoms with Crippen molar-refractivity contribution in [2.75, 3.05) is 5.32 Å². The van der Waals surface area contributed by atoms with Crippen molar-refractivity contribution in [3.8, 4) is 0 Å². The van der Waals surface area contributed by atoms with Gasteiger partial charge in [0.1, 0.15) is 11.3 Å². The van der Waals surface area contributed by atoms with Crippen molar-refractivity contribution in [3.05, 3.63) is 48.2 Å². The average Bonchev–Trinajstić information content (AvgIpc) is 2.89. The number of pyridine rings is 1. The van der Waals surface area contributed by atoms with Gasteiger partial charge in [0.05, 0.1) is 5.25 Å². The highest BCUT2D eigenvalue weighted by Gasteiger charge is 2.18. The van der Waals surface area contributed by atoms with E-state index in [0.717, 1.165) is 16.7 Å². The number of carbonyl (C=O) groups excluding carboxylic acids is 1. The molecule has 3 aromatic rings. The predicted molar refractivity (Wildman–Crippen MR) is 86.9 cm³/mol. The molecule has 0 aliphatic carbocycles. The number of aromatic nitrogens is 2. The first-order valence-electron chi connectivity index (χ1n) is 6.87. The van der Waals surface area contributed by atoms with E-state index in [4.69, 9.17) is 4.42 Å². The third-order valence-corrected chi connectivity index (χ3v) is 4.03. The Morgan fingerprint density at radius 2 is 2.14 bits per heavy atom. The molecule has 0 saturated heterocycles. The lowest BCUT2D eigenvalue weighted by Crippen LogP contribution is -2.22. The Labute approximate surface area is 132 Å². The van der Waals surface area contributed by atoms with Gasteiger partial charge in [0.15, 0.2) is 5.58 Å². The second-order valence-electron chi connectivity index (χ2n) is 4.92. The van der Waals surface area contributed by atoms with Gasteiger partial charge in [-0.25, -0.2) is 9.97 Å². The Kier molecular flexibility index (Phi) is 4.11. The molecule has 1 unspecified atom stereocenters. The second-order valence-corrected chi connectivity index (χ2v) is 6.21. The summed E-state index contributed by atoms with van der Waals surface area (Å²) in [6.45, 7) is 3.76. The lowest BCUT2D eigenvalue weighted by Gasteiger charge is -2.09. The lowest BCUT2D eigenvalue weighted by molar-refractivity contribution is -0.115. The number of benzene rings is 1. The molecule has 22 heavy (non-hydrogen) atoms. The summed E-state index contributed by atoms with van der Waals surface area (Å²) in [6, 6.07) is 11.2. The van der Waals surface area contributed by atoms with Crippen LogP contribution in [0.25, 0.3) is 11.1 Å². The maximum absolute atomic E-state index is 12.2. The second kappa shape index (κ2) is 6.19. The number of carbonyl (C=O) groups is 1. The molecule has 1 aromatic carbocycles. The number of para-hydroxylation sites is 2. The van der Waals surface area contributed by atoms with Crippen LogP contribution < -0.4 is 5.32 Å². The van der Waals surface area contributed by atoms with Crippen LogP contribution in [-0.2, 0) is 4.79 Å². The van der Waals surface area contributed by atoms with Gasteiger partial charge in [-0.3, -0.25) is 4.79 Å². The summed E-state index contributed by atoms with van der Waals surface area (Å²) in [5.74, 6) is 0.417. The number of rotatable bonds is 4. The predicted octanol–water partition coefficient (Wildman–Crippen LogP) is 3.65. The topological polar surface area (TPSA) is 68.0 Å². The maximum Gasteiger partial charge on any atom is 0.257 e. The van der Waals surface area contributed by atoms with E-state index in [2.05, 4.69) is 15.3 Å². The third-order valence-electron chi connectivity index (χ3n) is 3.09. The minimum atomic E-state index is -0.338. The number of amides is 1. The van der Waals surface area contributed by atoms with Gasteiger partial charge in [-0.1, -0.05) is 23.9 Å². The summed E-state index contributed by atoms with van der Waals surface area (Å²) >= 11 is 1.28. The van der Waals surface area contributed by atoms with Gasteiger partial charge >= 0.3 is 0 Å². The Morgan fingerprint density at radius 1 is 1.32 bits per heavy atom. The molecule has 2 heterocycles. The Balaban J connectivity index is 1.68. The fourth-order valence-electron chi connectivity index (χ4n) is 1.94. The fraction of sp³-hybridized carbons (Fsp3) is 0.188. The van der Waals surface area contributed by atoms with Crippen LogP contribution in [0.5, 0.6) is 0 Å². The molecule has 3 rings (SSSR count). The zero-order valence-corrected chi connectivity index (χ0v) is 13.1. The molecule has 0 radical (unpaired) electrons. The van der Waals surface area contributed by atoms with Crippen LogP contribution in [-0.4, -0.2) is 21.1 Å². The largest absolute Gasteiger partial charge is 0.431 e. The van der Waals surface area contributed by atoms with Gasteiger partial charge in [-0.05, 0) is 43.7 Å². The summed E-state index contributed by atoms with van der Waals surface area (Å²) in [4.78, 5) is 20.7. The highest BCUT2D eigenvalue weighted by Crippen LogP contribution is 2.27. The Bertz CT molecular complexity index is 783. The number of anilines is 1. The van der Waals surface area contributed by atoms with Gasteiger partial charge in [0, 0.05) is 6.20 Å². The Morgan fingerprint density at radius 3 is 2.91 bits per heavy atom. The van der Waals surface area contributed by atoms with E-state index in [0.29, 0.717) is 11.0 Å². The molecule has 0 spiro atoms. The van der Waals surface area contributed by atoms with Crippen LogP contribution in [0.1, 0.15) is 12.5 Å². The van der Waals surface area contributed by atoms with Gasteiger partial charge in [0.2, 0.25) is 5.91 Å². The number of nitrogens with zero attached hydrogens (tertiary/aromatic N) is 2. The van der Waals surface area contributed by atoms with Gasteiger partial charge in [-0.15, -0.1) is 0 Å². The summed E-state index contributed by atoms with van der Waals surface area (Å²) in [5.41, 5.74) is 2.56. The van der Waals surface area contributed by atoms with E-state index < -0.39 is 0 Å². The summed E-state index contributed by atoms with van der Waals surface area (Å²) in [7, 11) is 0. The van der Waals surface area contributed by atoms with Gasteiger partial charge < -0.3 is 9.73 Å². The van der Waals surface area contributed by atoms with Crippen molar-refractivity contribution in [1.29, 1.82) is 0 Å². The number of oxazole rings is 1. The average molecular weight is 313 g/mol. The van der Waals surface area contributed by atoms with Crippen LogP contribution in [0.3, 0.4) is 0 Å². The fourth-order valence-corrected chi connectivity index (χ4v) is 2.70. The highest BCUT2D eigenvalue weighted by atomic mass is 32.2. The molecule has 0 saturated carbocycles. The monoisotopic (exact) mass is 313 g/mol. The quantitative estimate of drug-likeness (QED) is 0.745. The van der Waals surface area contributed by atoms with Crippen LogP contribution in [0.2, 0.25) is 0 Å². The number of nitrogens with one attached hydrogen (secondary N) is 1. The zero-order chi connectivity index (χ0) is 15.5. The zero-order valence-electron chi connectivity index (χ0n) is 12.2. The first kappa shape index (κ1) is 14.6. The third kappa shape index (κ3) is 3.28. The highest BCUT2D eigenvalue weighted by molar-refractivity contribution is 8.00. The molecular formula is C16H15N3O2S. The SMILES string of the molecule is Cc1ccnc(NC(=O)C(C)Sc2nc3ccccc3o2)c1. The number of fused-ring (bicyclic) bond motifs is 1. The van der Waals surface area contributed by atoms with Gasteiger partial charge in [0.25, 0.3) is 5.22 Å². The van der Waals surface area contributed by atoms with Crippen LogP contribution in [0, 0.1) is 6.92 Å². The Hall–Kier alpha value is -2.34. The number of hydrogen-bond donors (Lipinski definition) is 1. The molecule has 1 atom stereocenters. The molecular weight excluding hydrogens is 298 g/mol. The normalized spacial score (nSPS) is 12.3. The van der Waals surface area contributed by atoms with E-state index in [9.17, 15) is 4.79 Å². The lowest BCUT2D eigenvalue weighted by atomic mass is 10.3. The van der Waals surface area contributed by atoms with E-state index in [1.54, 1.807) is 6.20 Å². The van der Waals surface area contributed by atoms with Crippen molar-refractivity contribution >= 4 is 34.6 Å². The number of aryl methyl sites for hydroxylation is 1. The molecule has 0 aliphatic heterocycles. The molecule has 5 nitrogen and oxygen atoms in total. The van der Waals surface area contributed by atoms with Crippen molar-refractivity contribution in [3.63, 3.8) is 0 Å². The molecule has 2 aromatic heterocycles. The summed E-state index contributed by atoms with van der Waals surface area (Å²) < 4.78 is 5.61. The van der Waals surface area contributed by atoms with Crippen molar-refractivity contribution < 1.29 is 9.21 Å². The minimum absolute atomic E-state index is 0.134. The van der Waals surface area contributed by atoms with Crippen molar-refractivity contribution in [2.45, 2.75) is 24.3 Å². The van der Waals surface area contributed by atoms with Crippen LogP contribution >= 0.6 is 11.8 Å². The first-order chi connectivity index (χ1) is 10.6. The molecule has 112 valence electrons. The molecule has 6 heteroatoms. The van der Waals surface area contributed by atoms with E-state index >= 15 is 0 Å². The minimum Gasteiger partial charge on any atom is -0.431 e. The van der Waals surface area contributed by atoms with E-state index in [1.165, 1.54) is 11.8 Å². The number of thioether (sulfide) groups is 1. The van der Waals surface area contributed by atoms with Crippen LogP contribution in [0.15, 0.2) is 52.2 Å². The smallest absolute Gasteiger partial charge is 0.257 e. The van der Waals surface area contributed by atoms with Crippen molar-refractivity contribution in [1.82, 2.24) is 9.97 Å². The summed E-state index contributed by atoms with van der Waals surface area (Å²) in [6.07, 6.45) is 1.67. The van der Waals surface area contributed by atoms with Crippen molar-refractivity contribution in [2.24, 2.45) is 0 Å². The van der Waals surface area contributed by atoms with Crippen LogP contribution in [0.4, 0.5) is 5.82 Å². The molecule has 0 aliphatic rings. The molecule has 1 amide bonds. The molecule has 0 bridgehead atoms. The van der Waals surface area contributed by atoms with E-state index in [-0.39, 0.29) is 11.2 Å². The van der Waals surface area contributed by atoms with Gasteiger partial charge in [-0.2, -0.15) is 0 Å². The first-order valence-corrected chi connectivity index (χ1v) is 7.75.